The van der Waals surface area contributed by atoms with E-state index in [4.69, 9.17) is 4.74 Å². The molecule has 2 aliphatic rings. The maximum Gasteiger partial charge on any atom is 0.223 e. The second-order valence-electron chi connectivity index (χ2n) is 7.07. The number of likely N-dealkylation sites (tertiary alicyclic amines) is 1. The Kier molecular flexibility index (Phi) is 7.01. The van der Waals surface area contributed by atoms with Gasteiger partial charge in [-0.3, -0.25) is 9.69 Å². The Hall–Kier alpha value is -1.18. The Morgan fingerprint density at radius 3 is 2.79 bits per heavy atom. The minimum atomic E-state index is 0. The molecule has 1 aromatic heterocycles. The summed E-state index contributed by atoms with van der Waals surface area (Å²) in [5.74, 6) is 1.33. The summed E-state index contributed by atoms with van der Waals surface area (Å²) in [5, 5.41) is 14.0. The van der Waals surface area contributed by atoms with E-state index < -0.39 is 0 Å². The fourth-order valence-corrected chi connectivity index (χ4v) is 3.66. The molecule has 2 saturated heterocycles. The van der Waals surface area contributed by atoms with Gasteiger partial charge in [-0.05, 0) is 24.7 Å². The average molecular weight is 358 g/mol. The first kappa shape index (κ1) is 19.1. The molecule has 0 unspecified atom stereocenters. The van der Waals surface area contributed by atoms with E-state index in [1.54, 1.807) is 6.20 Å². The summed E-state index contributed by atoms with van der Waals surface area (Å²) in [4.78, 5) is 14.9. The molecule has 0 aliphatic carbocycles. The Morgan fingerprint density at radius 2 is 2.17 bits per heavy atom. The lowest BCUT2D eigenvalue weighted by atomic mass is 9.90. The third kappa shape index (κ3) is 4.68. The Morgan fingerprint density at radius 1 is 1.42 bits per heavy atom. The summed E-state index contributed by atoms with van der Waals surface area (Å²) in [6, 6.07) is 0.220. The molecule has 2 fully saturated rings. The lowest BCUT2D eigenvalue weighted by Gasteiger charge is -2.27. The fraction of sp³-hybridized carbons (Fsp3) is 0.812. The number of nitrogens with one attached hydrogen (secondary N) is 2. The van der Waals surface area contributed by atoms with Crippen molar-refractivity contribution in [2.45, 2.75) is 39.3 Å². The summed E-state index contributed by atoms with van der Waals surface area (Å²) in [7, 11) is 0. The number of hydrogen-bond acceptors (Lipinski definition) is 5. The third-order valence-corrected chi connectivity index (χ3v) is 5.07. The normalized spacial score (nSPS) is 25.6. The molecule has 1 aromatic rings. The van der Waals surface area contributed by atoms with E-state index in [-0.39, 0.29) is 30.3 Å². The van der Waals surface area contributed by atoms with Crippen LogP contribution in [0.25, 0.3) is 0 Å². The van der Waals surface area contributed by atoms with Crippen molar-refractivity contribution in [2.75, 3.05) is 26.3 Å². The predicted octanol–water partition coefficient (Wildman–Crippen LogP) is 1.23. The molecular formula is C16H28ClN5O2. The van der Waals surface area contributed by atoms with Gasteiger partial charge in [0.1, 0.15) is 0 Å². The minimum Gasteiger partial charge on any atom is -0.381 e. The molecule has 3 rings (SSSR count). The van der Waals surface area contributed by atoms with Gasteiger partial charge in [-0.15, -0.1) is 12.4 Å². The van der Waals surface area contributed by atoms with E-state index >= 15 is 0 Å². The number of hydrogen-bond donors (Lipinski definition) is 2. The molecule has 1 amide bonds. The van der Waals surface area contributed by atoms with Crippen molar-refractivity contribution in [3.8, 4) is 0 Å². The number of H-pyrrole nitrogens is 1. The first-order valence-corrected chi connectivity index (χ1v) is 8.58. The first-order valence-electron chi connectivity index (χ1n) is 8.58. The highest BCUT2D eigenvalue weighted by atomic mass is 35.5. The van der Waals surface area contributed by atoms with E-state index in [0.29, 0.717) is 25.0 Å². The molecule has 0 bridgehead atoms. The predicted molar refractivity (Wildman–Crippen MR) is 92.7 cm³/mol. The van der Waals surface area contributed by atoms with Gasteiger partial charge in [0.25, 0.3) is 0 Å². The Balaban J connectivity index is 0.00000208. The van der Waals surface area contributed by atoms with Crippen LogP contribution in [-0.4, -0.2) is 58.6 Å². The molecular weight excluding hydrogens is 330 g/mol. The summed E-state index contributed by atoms with van der Waals surface area (Å²) in [5.41, 5.74) is 0.948. The van der Waals surface area contributed by atoms with E-state index in [9.17, 15) is 4.79 Å². The average Bonchev–Trinajstić information content (AvgIpc) is 3.18. The molecule has 0 radical (unpaired) electrons. The number of carbonyl (C=O) groups excluding carboxylic acids is 1. The Bertz CT molecular complexity index is 505. The molecule has 0 spiro atoms. The number of ether oxygens (including phenoxy) is 1. The zero-order valence-electron chi connectivity index (χ0n) is 14.4. The van der Waals surface area contributed by atoms with Gasteiger partial charge in [0.2, 0.25) is 5.91 Å². The third-order valence-electron chi connectivity index (χ3n) is 5.07. The van der Waals surface area contributed by atoms with Crippen molar-refractivity contribution in [1.29, 1.82) is 0 Å². The number of nitrogens with zero attached hydrogens (tertiary/aromatic N) is 3. The van der Waals surface area contributed by atoms with Crippen LogP contribution >= 0.6 is 12.4 Å². The van der Waals surface area contributed by atoms with Crippen molar-refractivity contribution in [2.24, 2.45) is 17.8 Å². The minimum absolute atomic E-state index is 0. The molecule has 0 aromatic carbocycles. The van der Waals surface area contributed by atoms with Crippen LogP contribution in [0.1, 0.15) is 32.4 Å². The lowest BCUT2D eigenvalue weighted by molar-refractivity contribution is -0.128. The fourth-order valence-electron chi connectivity index (χ4n) is 3.66. The summed E-state index contributed by atoms with van der Waals surface area (Å²) < 4.78 is 5.35. The van der Waals surface area contributed by atoms with Crippen LogP contribution in [0.2, 0.25) is 0 Å². The van der Waals surface area contributed by atoms with Crippen LogP contribution in [0.5, 0.6) is 0 Å². The molecule has 24 heavy (non-hydrogen) atoms. The van der Waals surface area contributed by atoms with Gasteiger partial charge in [0, 0.05) is 44.8 Å². The van der Waals surface area contributed by atoms with Crippen LogP contribution in [0.3, 0.4) is 0 Å². The Labute approximate surface area is 149 Å². The molecule has 7 nitrogen and oxygen atoms in total. The van der Waals surface area contributed by atoms with E-state index in [0.717, 1.165) is 38.2 Å². The van der Waals surface area contributed by atoms with E-state index in [2.05, 4.69) is 39.5 Å². The highest BCUT2D eigenvalue weighted by Crippen LogP contribution is 2.26. The quantitative estimate of drug-likeness (QED) is 0.828. The monoisotopic (exact) mass is 357 g/mol. The molecule has 8 heteroatoms. The molecule has 136 valence electrons. The number of rotatable bonds is 5. The molecule has 2 aliphatic heterocycles. The zero-order valence-corrected chi connectivity index (χ0v) is 15.2. The summed E-state index contributed by atoms with van der Waals surface area (Å²) in [6.07, 6.45) is 3.44. The molecule has 0 saturated carbocycles. The standard InChI is InChI=1S/C16H27N5O2.ClH/c1-11(2)14-9-21(8-13-7-17-20-19-13)10-15(14)18-16(22)12-3-5-23-6-4-12;/h7,11-12,14-15H,3-6,8-10H2,1-2H3,(H,18,22)(H,17,19,20);1H/t14-,15+;/m1./s1. The van der Waals surface area contributed by atoms with E-state index in [1.807, 2.05) is 0 Å². The smallest absolute Gasteiger partial charge is 0.223 e. The number of halogens is 1. The zero-order chi connectivity index (χ0) is 16.2. The van der Waals surface area contributed by atoms with Crippen LogP contribution < -0.4 is 5.32 Å². The molecule has 2 atom stereocenters. The van der Waals surface area contributed by atoms with Gasteiger partial charge in [-0.2, -0.15) is 15.4 Å². The largest absolute Gasteiger partial charge is 0.381 e. The van der Waals surface area contributed by atoms with Gasteiger partial charge < -0.3 is 10.1 Å². The van der Waals surface area contributed by atoms with Crippen molar-refractivity contribution >= 4 is 18.3 Å². The maximum absolute atomic E-state index is 12.5. The number of amides is 1. The van der Waals surface area contributed by atoms with Crippen LogP contribution in [-0.2, 0) is 16.1 Å². The maximum atomic E-state index is 12.5. The second kappa shape index (κ2) is 8.78. The van der Waals surface area contributed by atoms with Crippen LogP contribution in [0.4, 0.5) is 0 Å². The topological polar surface area (TPSA) is 83.1 Å². The highest BCUT2D eigenvalue weighted by Gasteiger charge is 2.36. The summed E-state index contributed by atoms with van der Waals surface area (Å²) >= 11 is 0. The van der Waals surface area contributed by atoms with Gasteiger partial charge in [0.15, 0.2) is 0 Å². The number of aromatic amines is 1. The number of aromatic nitrogens is 3. The van der Waals surface area contributed by atoms with Crippen molar-refractivity contribution in [3.63, 3.8) is 0 Å². The second-order valence-corrected chi connectivity index (χ2v) is 7.07. The van der Waals surface area contributed by atoms with Crippen LogP contribution in [0.15, 0.2) is 6.20 Å². The number of carbonyl (C=O) groups is 1. The molecule has 2 N–H and O–H groups in total. The van der Waals surface area contributed by atoms with Gasteiger partial charge in [-0.25, -0.2) is 0 Å². The van der Waals surface area contributed by atoms with E-state index in [1.165, 1.54) is 0 Å². The van der Waals surface area contributed by atoms with Gasteiger partial charge >= 0.3 is 0 Å². The van der Waals surface area contributed by atoms with Crippen molar-refractivity contribution in [3.05, 3.63) is 11.9 Å². The summed E-state index contributed by atoms with van der Waals surface area (Å²) in [6.45, 7) is 8.52. The van der Waals surface area contributed by atoms with Crippen LogP contribution in [0, 0.1) is 17.8 Å². The van der Waals surface area contributed by atoms with Crippen molar-refractivity contribution in [1.82, 2.24) is 25.6 Å². The SMILES string of the molecule is CC(C)[C@H]1CN(Cc2cn[nH]n2)C[C@@H]1NC(=O)C1CCOCC1.Cl. The highest BCUT2D eigenvalue weighted by molar-refractivity contribution is 5.85. The lowest BCUT2D eigenvalue weighted by Crippen LogP contribution is -2.45. The first-order chi connectivity index (χ1) is 11.1. The van der Waals surface area contributed by atoms with Crippen molar-refractivity contribution < 1.29 is 9.53 Å². The van der Waals surface area contributed by atoms with Gasteiger partial charge in [0.05, 0.1) is 11.9 Å². The van der Waals surface area contributed by atoms with Gasteiger partial charge in [-0.1, -0.05) is 13.8 Å². The molecule has 3 heterocycles.